The van der Waals surface area contributed by atoms with Crippen molar-refractivity contribution in [2.24, 2.45) is 0 Å². The van der Waals surface area contributed by atoms with Gasteiger partial charge in [-0.05, 0) is 26.2 Å². The molecule has 0 atom stereocenters. The number of carbonyl (C=O) groups is 4. The van der Waals surface area contributed by atoms with Gasteiger partial charge in [0, 0.05) is 36.2 Å². The number of carbonyl (C=O) groups excluding carboxylic acids is 2. The molecule has 0 saturated carbocycles. The smallest absolute Gasteiger partial charge is 0.328 e. The minimum atomic E-state index is -1.26. The molecule has 2 rings (SSSR count). The molecule has 14 heteroatoms. The molecule has 1 aromatic carbocycles. The molecule has 2 amide bonds. The zero-order valence-electron chi connectivity index (χ0n) is 20.4. The summed E-state index contributed by atoms with van der Waals surface area (Å²) in [5, 5.41) is 23.0. The van der Waals surface area contributed by atoms with Crippen LogP contribution in [-0.2, 0) is 9.59 Å². The van der Waals surface area contributed by atoms with Gasteiger partial charge in [0.1, 0.15) is 5.69 Å². The van der Waals surface area contributed by atoms with Crippen LogP contribution in [0.15, 0.2) is 29.7 Å². The fraction of sp³-hybridized carbons (Fsp3) is 0.318. The number of amides is 2. The first kappa shape index (κ1) is 29.9. The number of carboxylic acids is 2. The lowest BCUT2D eigenvalue weighted by molar-refractivity contribution is -0.134. The topological polar surface area (TPSA) is 177 Å². The summed E-state index contributed by atoms with van der Waals surface area (Å²) in [6, 6.07) is 3.08. The molecule has 0 radical (unpaired) electrons. The number of benzene rings is 1. The molecule has 1 heterocycles. The Kier molecular flexibility index (Phi) is 12.4. The van der Waals surface area contributed by atoms with Gasteiger partial charge < -0.3 is 34.6 Å². The number of rotatable bonds is 11. The summed E-state index contributed by atoms with van der Waals surface area (Å²) >= 11 is 1.17. The highest BCUT2D eigenvalue weighted by molar-refractivity contribution is 7.14. The van der Waals surface area contributed by atoms with E-state index in [2.05, 4.69) is 15.6 Å². The first-order valence-electron chi connectivity index (χ1n) is 10.2. The second kappa shape index (κ2) is 15.0. The molecular formula is C22H28N4O9S. The zero-order valence-corrected chi connectivity index (χ0v) is 21.2. The molecule has 36 heavy (non-hydrogen) atoms. The summed E-state index contributed by atoms with van der Waals surface area (Å²) < 4.78 is 15.8. The van der Waals surface area contributed by atoms with Gasteiger partial charge in [-0.3, -0.25) is 14.9 Å². The van der Waals surface area contributed by atoms with Crippen molar-refractivity contribution in [3.63, 3.8) is 0 Å². The summed E-state index contributed by atoms with van der Waals surface area (Å²) in [5.74, 6) is -2.08. The van der Waals surface area contributed by atoms with Crippen LogP contribution in [0, 0.1) is 0 Å². The number of anilines is 1. The summed E-state index contributed by atoms with van der Waals surface area (Å²) in [6.07, 6.45) is 1.12. The number of carboxylic acid groups (broad SMARTS) is 2. The standard InChI is InChI=1S/C18H24N4O5S.C4H4O4/c1-22(2)7-6-19-17(24)12-10-28-18(20-12)21-16(23)11-8-13(25-3)15(27-5)14(9-11)26-4;5-3(6)1-2-4(7)8/h8-10H,6-7H2,1-5H3,(H,19,24)(H,20,21,23);1-2H,(H,5,6)(H,7,8)/b;2-1+. The van der Waals surface area contributed by atoms with Crippen LogP contribution >= 0.6 is 11.3 Å². The van der Waals surface area contributed by atoms with Crippen molar-refractivity contribution in [2.75, 3.05) is 53.8 Å². The molecule has 4 N–H and O–H groups in total. The van der Waals surface area contributed by atoms with Gasteiger partial charge in [-0.1, -0.05) is 0 Å². The van der Waals surface area contributed by atoms with Crippen molar-refractivity contribution >= 4 is 40.2 Å². The van der Waals surface area contributed by atoms with E-state index in [0.29, 0.717) is 46.6 Å². The van der Waals surface area contributed by atoms with Crippen LogP contribution in [0.2, 0.25) is 0 Å². The molecule has 0 saturated heterocycles. The van der Waals surface area contributed by atoms with Gasteiger partial charge >= 0.3 is 11.9 Å². The van der Waals surface area contributed by atoms with Gasteiger partial charge in [-0.2, -0.15) is 0 Å². The van der Waals surface area contributed by atoms with Crippen molar-refractivity contribution in [2.45, 2.75) is 0 Å². The Balaban J connectivity index is 0.000000697. The lowest BCUT2D eigenvalue weighted by Crippen LogP contribution is -2.31. The monoisotopic (exact) mass is 524 g/mol. The van der Waals surface area contributed by atoms with Crippen molar-refractivity contribution in [1.29, 1.82) is 0 Å². The predicted molar refractivity (Wildman–Crippen MR) is 131 cm³/mol. The maximum absolute atomic E-state index is 12.6. The molecule has 0 fully saturated rings. The van der Waals surface area contributed by atoms with Crippen LogP contribution in [0.3, 0.4) is 0 Å². The van der Waals surface area contributed by atoms with Crippen LogP contribution in [-0.4, -0.2) is 92.4 Å². The Hall–Kier alpha value is -4.17. The Labute approximate surface area is 211 Å². The van der Waals surface area contributed by atoms with Crippen molar-refractivity contribution < 1.29 is 43.6 Å². The summed E-state index contributed by atoms with van der Waals surface area (Å²) in [5.41, 5.74) is 0.561. The number of methoxy groups -OCH3 is 3. The molecular weight excluding hydrogens is 496 g/mol. The number of thiazole rings is 1. The number of aromatic nitrogens is 1. The Bertz CT molecular complexity index is 1060. The number of aliphatic carboxylic acids is 2. The Morgan fingerprint density at radius 2 is 1.53 bits per heavy atom. The van der Waals surface area contributed by atoms with Crippen LogP contribution in [0.4, 0.5) is 5.13 Å². The molecule has 2 aromatic rings. The zero-order chi connectivity index (χ0) is 27.3. The second-order valence-electron chi connectivity index (χ2n) is 6.98. The minimum absolute atomic E-state index is 0.254. The first-order valence-corrected chi connectivity index (χ1v) is 11.0. The third-order valence-electron chi connectivity index (χ3n) is 4.10. The van der Waals surface area contributed by atoms with Crippen molar-refractivity contribution in [3.8, 4) is 17.2 Å². The molecule has 0 aliphatic rings. The average molecular weight is 525 g/mol. The number of ether oxygens (including phenoxy) is 3. The summed E-state index contributed by atoms with van der Waals surface area (Å²) in [4.78, 5) is 49.9. The van der Waals surface area contributed by atoms with Gasteiger partial charge in [-0.15, -0.1) is 11.3 Å². The van der Waals surface area contributed by atoms with Gasteiger partial charge in [0.2, 0.25) is 5.75 Å². The fourth-order valence-corrected chi connectivity index (χ4v) is 3.13. The van der Waals surface area contributed by atoms with Crippen molar-refractivity contribution in [1.82, 2.24) is 15.2 Å². The molecule has 13 nitrogen and oxygen atoms in total. The minimum Gasteiger partial charge on any atom is -0.493 e. The maximum Gasteiger partial charge on any atom is 0.328 e. The quantitative estimate of drug-likeness (QED) is 0.313. The van der Waals surface area contributed by atoms with Gasteiger partial charge in [0.05, 0.1) is 21.3 Å². The molecule has 0 bridgehead atoms. The largest absolute Gasteiger partial charge is 0.493 e. The molecule has 196 valence electrons. The van der Waals surface area contributed by atoms with Crippen LogP contribution in [0.1, 0.15) is 20.8 Å². The first-order chi connectivity index (χ1) is 17.0. The van der Waals surface area contributed by atoms with Crippen LogP contribution in [0.5, 0.6) is 17.2 Å². The van der Waals surface area contributed by atoms with Gasteiger partial charge in [0.25, 0.3) is 11.8 Å². The maximum atomic E-state index is 12.6. The molecule has 0 aliphatic carbocycles. The Morgan fingerprint density at radius 1 is 0.972 bits per heavy atom. The fourth-order valence-electron chi connectivity index (χ4n) is 2.44. The van der Waals surface area contributed by atoms with E-state index in [-0.39, 0.29) is 11.6 Å². The molecule has 0 spiro atoms. The highest BCUT2D eigenvalue weighted by atomic mass is 32.1. The van der Waals surface area contributed by atoms with Crippen LogP contribution in [0.25, 0.3) is 0 Å². The third kappa shape index (κ3) is 9.99. The van der Waals surface area contributed by atoms with E-state index in [9.17, 15) is 19.2 Å². The van der Waals surface area contributed by atoms with E-state index in [1.807, 2.05) is 19.0 Å². The Morgan fingerprint density at radius 3 is 1.97 bits per heavy atom. The number of likely N-dealkylation sites (N-methyl/N-ethyl adjacent to an activating group) is 1. The number of nitrogens with one attached hydrogen (secondary N) is 2. The van der Waals surface area contributed by atoms with E-state index in [1.165, 1.54) is 32.7 Å². The number of nitrogens with zero attached hydrogens (tertiary/aromatic N) is 2. The van der Waals surface area contributed by atoms with Gasteiger partial charge in [0.15, 0.2) is 16.6 Å². The third-order valence-corrected chi connectivity index (χ3v) is 4.85. The lowest BCUT2D eigenvalue weighted by Gasteiger charge is -2.13. The van der Waals surface area contributed by atoms with Crippen molar-refractivity contribution in [3.05, 3.63) is 40.9 Å². The molecule has 0 aliphatic heterocycles. The highest BCUT2D eigenvalue weighted by Gasteiger charge is 2.18. The molecule has 1 aromatic heterocycles. The number of hydrogen-bond donors (Lipinski definition) is 4. The normalized spacial score (nSPS) is 10.3. The van der Waals surface area contributed by atoms with Crippen LogP contribution < -0.4 is 24.8 Å². The summed E-state index contributed by atoms with van der Waals surface area (Å²) in [7, 11) is 8.28. The second-order valence-corrected chi connectivity index (χ2v) is 7.83. The van der Waals surface area contributed by atoms with E-state index in [0.717, 1.165) is 6.54 Å². The SMILES string of the molecule is COc1cc(C(=O)Nc2nc(C(=O)NCCN(C)C)cs2)cc(OC)c1OC.O=C(O)/C=C/C(=O)O. The number of hydrogen-bond acceptors (Lipinski definition) is 10. The highest BCUT2D eigenvalue weighted by Crippen LogP contribution is 2.38. The average Bonchev–Trinajstić information content (AvgIpc) is 3.30. The lowest BCUT2D eigenvalue weighted by atomic mass is 10.1. The van der Waals surface area contributed by atoms with E-state index < -0.39 is 17.8 Å². The summed E-state index contributed by atoms with van der Waals surface area (Å²) in [6.45, 7) is 1.23. The predicted octanol–water partition coefficient (Wildman–Crippen LogP) is 1.42. The van der Waals surface area contributed by atoms with E-state index in [1.54, 1.807) is 17.5 Å². The van der Waals surface area contributed by atoms with E-state index >= 15 is 0 Å². The van der Waals surface area contributed by atoms with Gasteiger partial charge in [-0.25, -0.2) is 14.6 Å². The van der Waals surface area contributed by atoms with E-state index in [4.69, 9.17) is 24.4 Å². The molecule has 0 unspecified atom stereocenters.